The average Bonchev–Trinajstić information content (AvgIpc) is 3.15. The highest BCUT2D eigenvalue weighted by atomic mass is 16.5. The van der Waals surface area contributed by atoms with Crippen LogP contribution in [0.4, 0.5) is 0 Å². The minimum Gasteiger partial charge on any atom is -0.493 e. The van der Waals surface area contributed by atoms with Crippen molar-refractivity contribution in [1.82, 2.24) is 14.7 Å². The zero-order chi connectivity index (χ0) is 18.3. The van der Waals surface area contributed by atoms with Crippen molar-refractivity contribution in [2.75, 3.05) is 19.7 Å². The molecule has 0 spiro atoms. The predicted molar refractivity (Wildman–Crippen MR) is 92.7 cm³/mol. The largest absolute Gasteiger partial charge is 0.493 e. The lowest BCUT2D eigenvalue weighted by Crippen LogP contribution is -2.42. The molecule has 0 aliphatic carbocycles. The Balaban J connectivity index is 1.60. The molecule has 2 aromatic rings. The molecule has 0 unspecified atom stereocenters. The van der Waals surface area contributed by atoms with Crippen molar-refractivity contribution in [3.8, 4) is 5.75 Å². The van der Waals surface area contributed by atoms with Crippen LogP contribution in [0.3, 0.4) is 0 Å². The molecule has 4 rings (SSSR count). The number of carbonyl (C=O) groups is 2. The number of likely N-dealkylation sites (tertiary alicyclic amines) is 1. The molecule has 1 aromatic carbocycles. The summed E-state index contributed by atoms with van der Waals surface area (Å²) < 4.78 is 7.51. The molecular weight excluding hydrogens is 334 g/mol. The molecule has 0 bridgehead atoms. The third kappa shape index (κ3) is 2.64. The van der Waals surface area contributed by atoms with Crippen molar-refractivity contribution < 1.29 is 19.4 Å². The number of hydrogen-bond donors (Lipinski definition) is 1. The van der Waals surface area contributed by atoms with Crippen molar-refractivity contribution in [3.05, 3.63) is 47.8 Å². The lowest BCUT2D eigenvalue weighted by molar-refractivity contribution is -0.151. The Bertz CT molecular complexity index is 862. The molecule has 2 aliphatic heterocycles. The number of carboxylic acid groups (broad SMARTS) is 1. The molecule has 1 amide bonds. The molecule has 1 saturated heterocycles. The fraction of sp³-hybridized carbons (Fsp3) is 0.421. The van der Waals surface area contributed by atoms with Gasteiger partial charge in [-0.2, -0.15) is 5.10 Å². The maximum absolute atomic E-state index is 12.7. The lowest BCUT2D eigenvalue weighted by atomic mass is 9.74. The molecule has 0 saturated carbocycles. The Morgan fingerprint density at radius 2 is 2.15 bits per heavy atom. The normalized spacial score (nSPS) is 24.3. The fourth-order valence-corrected chi connectivity index (χ4v) is 4.01. The summed E-state index contributed by atoms with van der Waals surface area (Å²) >= 11 is 0. The molecule has 26 heavy (non-hydrogen) atoms. The van der Waals surface area contributed by atoms with E-state index >= 15 is 0 Å². The van der Waals surface area contributed by atoms with Crippen LogP contribution < -0.4 is 4.74 Å². The van der Waals surface area contributed by atoms with Crippen molar-refractivity contribution in [3.63, 3.8) is 0 Å². The van der Waals surface area contributed by atoms with Gasteiger partial charge in [-0.3, -0.25) is 14.3 Å². The molecule has 1 fully saturated rings. The highest BCUT2D eigenvalue weighted by Crippen LogP contribution is 2.44. The number of nitrogens with zero attached hydrogens (tertiary/aromatic N) is 3. The third-order valence-electron chi connectivity index (χ3n) is 5.61. The van der Waals surface area contributed by atoms with Crippen LogP contribution >= 0.6 is 0 Å². The number of amides is 1. The van der Waals surface area contributed by atoms with Crippen LogP contribution in [0.2, 0.25) is 0 Å². The Kier molecular flexibility index (Phi) is 3.94. The van der Waals surface area contributed by atoms with Gasteiger partial charge in [-0.05, 0) is 31.0 Å². The van der Waals surface area contributed by atoms with Crippen LogP contribution in [0, 0.1) is 18.3 Å². The Morgan fingerprint density at radius 3 is 2.88 bits per heavy atom. The van der Waals surface area contributed by atoms with Gasteiger partial charge in [0.1, 0.15) is 12.3 Å². The van der Waals surface area contributed by atoms with Crippen LogP contribution in [0.1, 0.15) is 11.3 Å². The van der Waals surface area contributed by atoms with Gasteiger partial charge in [0.15, 0.2) is 0 Å². The van der Waals surface area contributed by atoms with Gasteiger partial charge in [0.25, 0.3) is 0 Å². The van der Waals surface area contributed by atoms with Crippen molar-refractivity contribution in [1.29, 1.82) is 0 Å². The topological polar surface area (TPSA) is 84.7 Å². The van der Waals surface area contributed by atoms with E-state index in [0.29, 0.717) is 19.6 Å². The van der Waals surface area contributed by atoms with Crippen molar-refractivity contribution in [2.24, 2.45) is 11.3 Å². The van der Waals surface area contributed by atoms with E-state index in [1.807, 2.05) is 37.3 Å². The highest BCUT2D eigenvalue weighted by Gasteiger charge is 2.55. The molecular formula is C19H21N3O4. The summed E-state index contributed by atoms with van der Waals surface area (Å²) in [6, 6.07) is 9.38. The number of aliphatic carboxylic acids is 1. The smallest absolute Gasteiger partial charge is 0.312 e. The summed E-state index contributed by atoms with van der Waals surface area (Å²) in [7, 11) is 0. The van der Waals surface area contributed by atoms with E-state index in [0.717, 1.165) is 17.0 Å². The molecule has 2 atom stereocenters. The second kappa shape index (κ2) is 6.16. The summed E-state index contributed by atoms with van der Waals surface area (Å²) in [5, 5.41) is 14.2. The van der Waals surface area contributed by atoms with Crippen molar-refractivity contribution in [2.45, 2.75) is 19.9 Å². The quantitative estimate of drug-likeness (QED) is 0.899. The summed E-state index contributed by atoms with van der Waals surface area (Å²) in [5.74, 6) is -0.477. The number of rotatable bonds is 3. The summed E-state index contributed by atoms with van der Waals surface area (Å²) in [4.78, 5) is 26.6. The molecule has 7 nitrogen and oxygen atoms in total. The number of aromatic nitrogens is 2. The van der Waals surface area contributed by atoms with Crippen LogP contribution in [0.25, 0.3) is 0 Å². The molecule has 7 heteroatoms. The van der Waals surface area contributed by atoms with Crippen LogP contribution in [-0.4, -0.2) is 51.4 Å². The molecule has 1 aromatic heterocycles. The second-order valence-electron chi connectivity index (χ2n) is 7.16. The van der Waals surface area contributed by atoms with E-state index in [4.69, 9.17) is 4.74 Å². The van der Waals surface area contributed by atoms with Gasteiger partial charge in [-0.25, -0.2) is 0 Å². The first-order chi connectivity index (χ1) is 12.5. The molecule has 2 aliphatic rings. The minimum atomic E-state index is -1.01. The summed E-state index contributed by atoms with van der Waals surface area (Å²) in [6.45, 7) is 2.90. The van der Waals surface area contributed by atoms with E-state index in [9.17, 15) is 14.7 Å². The number of para-hydroxylation sites is 1. The van der Waals surface area contributed by atoms with Gasteiger partial charge in [0, 0.05) is 30.9 Å². The number of fused-ring (bicyclic) bond motifs is 2. The number of benzene rings is 1. The fourth-order valence-electron chi connectivity index (χ4n) is 4.01. The number of carboxylic acids is 1. The molecule has 3 heterocycles. The molecule has 136 valence electrons. The maximum Gasteiger partial charge on any atom is 0.312 e. The zero-order valence-electron chi connectivity index (χ0n) is 14.6. The van der Waals surface area contributed by atoms with Gasteiger partial charge in [0.2, 0.25) is 5.91 Å². The Hall–Kier alpha value is -2.83. The van der Waals surface area contributed by atoms with Crippen LogP contribution in [0.5, 0.6) is 5.75 Å². The van der Waals surface area contributed by atoms with Gasteiger partial charge in [0.05, 0.1) is 12.0 Å². The van der Waals surface area contributed by atoms with E-state index in [1.165, 1.54) is 0 Å². The number of ether oxygens (including phenoxy) is 1. The Labute approximate surface area is 151 Å². The third-order valence-corrected chi connectivity index (χ3v) is 5.61. The van der Waals surface area contributed by atoms with Crippen LogP contribution in [-0.2, 0) is 22.6 Å². The molecule has 1 N–H and O–H groups in total. The standard InChI is InChI=1S/C19H21N3O4/c1-13-6-7-20-22(13)10-17(23)21-9-15-11-26-16-5-3-2-4-14(16)8-19(15,12-21)18(24)25/h2-7,15H,8-12H2,1H3,(H,24,25)/t15-,19+/m0/s1. The SMILES string of the molecule is Cc1ccnn1CC(=O)N1C[C@H]2COc3ccccc3C[C@@]2(C(=O)O)C1. The minimum absolute atomic E-state index is 0.112. The number of hydrogen-bond acceptors (Lipinski definition) is 4. The van der Waals surface area contributed by atoms with Gasteiger partial charge < -0.3 is 14.7 Å². The molecule has 0 radical (unpaired) electrons. The number of aryl methyl sites for hydroxylation is 1. The zero-order valence-corrected chi connectivity index (χ0v) is 14.6. The monoisotopic (exact) mass is 355 g/mol. The van der Waals surface area contributed by atoms with Crippen molar-refractivity contribution >= 4 is 11.9 Å². The lowest BCUT2D eigenvalue weighted by Gasteiger charge is -2.27. The highest BCUT2D eigenvalue weighted by molar-refractivity contribution is 5.81. The first kappa shape index (κ1) is 16.6. The van der Waals surface area contributed by atoms with E-state index < -0.39 is 11.4 Å². The first-order valence-corrected chi connectivity index (χ1v) is 8.70. The predicted octanol–water partition coefficient (Wildman–Crippen LogP) is 1.36. The van der Waals surface area contributed by atoms with Gasteiger partial charge in [-0.1, -0.05) is 18.2 Å². The second-order valence-corrected chi connectivity index (χ2v) is 7.16. The van der Waals surface area contributed by atoms with E-state index in [2.05, 4.69) is 5.10 Å². The van der Waals surface area contributed by atoms with E-state index in [1.54, 1.807) is 15.8 Å². The average molecular weight is 355 g/mol. The van der Waals surface area contributed by atoms with Gasteiger partial charge in [-0.15, -0.1) is 0 Å². The number of carbonyl (C=O) groups excluding carboxylic acids is 1. The van der Waals surface area contributed by atoms with Gasteiger partial charge >= 0.3 is 5.97 Å². The summed E-state index contributed by atoms with van der Waals surface area (Å²) in [6.07, 6.45) is 2.02. The first-order valence-electron chi connectivity index (χ1n) is 8.70. The van der Waals surface area contributed by atoms with Crippen LogP contribution in [0.15, 0.2) is 36.5 Å². The maximum atomic E-state index is 12.7. The Morgan fingerprint density at radius 1 is 1.35 bits per heavy atom. The van der Waals surface area contributed by atoms with E-state index in [-0.39, 0.29) is 24.9 Å². The summed E-state index contributed by atoms with van der Waals surface area (Å²) in [5.41, 5.74) is 0.771.